The van der Waals surface area contributed by atoms with Crippen LogP contribution >= 0.6 is 11.3 Å². The standard InChI is InChI=1S/C20H19FN4O2S/c1-12-3-9-16(10-4-12)22-11-17(26)24-25-19(27)18-13(2)23-20(28-18)14-5-7-15(21)8-6-14/h3-10,22H,11H2,1-2H3,(H,24,26)(H,25,27). The SMILES string of the molecule is Cc1ccc(NCC(=O)NNC(=O)c2sc(-c3ccc(F)cc3)nc2C)cc1. The maximum absolute atomic E-state index is 13.1. The van der Waals surface area contributed by atoms with Crippen molar-refractivity contribution in [2.24, 2.45) is 0 Å². The predicted octanol–water partition coefficient (Wildman–Crippen LogP) is 3.44. The summed E-state index contributed by atoms with van der Waals surface area (Å²) >= 11 is 1.18. The van der Waals surface area contributed by atoms with E-state index in [-0.39, 0.29) is 18.3 Å². The minimum atomic E-state index is -0.452. The fourth-order valence-corrected chi connectivity index (χ4v) is 3.37. The molecular formula is C20H19FN4O2S. The van der Waals surface area contributed by atoms with Crippen molar-refractivity contribution in [3.05, 3.63) is 70.5 Å². The molecule has 0 atom stereocenters. The highest BCUT2D eigenvalue weighted by Crippen LogP contribution is 2.27. The van der Waals surface area contributed by atoms with Crippen LogP contribution in [0.1, 0.15) is 20.9 Å². The summed E-state index contributed by atoms with van der Waals surface area (Å²) in [5, 5.41) is 3.58. The van der Waals surface area contributed by atoms with Crippen LogP contribution in [-0.4, -0.2) is 23.3 Å². The number of anilines is 1. The van der Waals surface area contributed by atoms with E-state index >= 15 is 0 Å². The lowest BCUT2D eigenvalue weighted by Gasteiger charge is -2.08. The van der Waals surface area contributed by atoms with Gasteiger partial charge >= 0.3 is 0 Å². The van der Waals surface area contributed by atoms with E-state index in [0.29, 0.717) is 15.6 Å². The molecule has 0 bridgehead atoms. The molecule has 1 heterocycles. The Labute approximate surface area is 165 Å². The van der Waals surface area contributed by atoms with Crippen LogP contribution in [0, 0.1) is 19.7 Å². The molecule has 8 heteroatoms. The van der Waals surface area contributed by atoms with Crippen LogP contribution in [0.2, 0.25) is 0 Å². The van der Waals surface area contributed by atoms with E-state index in [2.05, 4.69) is 21.2 Å². The number of hydrogen-bond donors (Lipinski definition) is 3. The Balaban J connectivity index is 1.55. The molecule has 2 aromatic carbocycles. The zero-order valence-corrected chi connectivity index (χ0v) is 16.2. The van der Waals surface area contributed by atoms with Crippen molar-refractivity contribution in [2.75, 3.05) is 11.9 Å². The van der Waals surface area contributed by atoms with E-state index in [9.17, 15) is 14.0 Å². The highest BCUT2D eigenvalue weighted by atomic mass is 32.1. The molecule has 2 amide bonds. The van der Waals surface area contributed by atoms with Crippen molar-refractivity contribution >= 4 is 28.8 Å². The molecule has 0 saturated carbocycles. The zero-order valence-electron chi connectivity index (χ0n) is 15.4. The average Bonchev–Trinajstić information content (AvgIpc) is 3.08. The molecule has 0 fully saturated rings. The van der Waals surface area contributed by atoms with Crippen molar-refractivity contribution in [2.45, 2.75) is 13.8 Å². The summed E-state index contributed by atoms with van der Waals surface area (Å²) in [7, 11) is 0. The molecule has 0 aliphatic heterocycles. The predicted molar refractivity (Wildman–Crippen MR) is 108 cm³/mol. The molecular weight excluding hydrogens is 379 g/mol. The number of nitrogens with zero attached hydrogens (tertiary/aromatic N) is 1. The van der Waals surface area contributed by atoms with E-state index in [0.717, 1.165) is 16.8 Å². The van der Waals surface area contributed by atoms with E-state index in [1.807, 2.05) is 31.2 Å². The van der Waals surface area contributed by atoms with E-state index in [1.54, 1.807) is 19.1 Å². The van der Waals surface area contributed by atoms with Crippen LogP contribution < -0.4 is 16.2 Å². The van der Waals surface area contributed by atoms with Crippen molar-refractivity contribution in [1.82, 2.24) is 15.8 Å². The molecule has 3 aromatic rings. The summed E-state index contributed by atoms with van der Waals surface area (Å²) in [4.78, 5) is 29.0. The number of aryl methyl sites for hydroxylation is 2. The highest BCUT2D eigenvalue weighted by molar-refractivity contribution is 7.17. The van der Waals surface area contributed by atoms with Gasteiger partial charge in [-0.15, -0.1) is 11.3 Å². The summed E-state index contributed by atoms with van der Waals surface area (Å²) in [5.41, 5.74) is 7.96. The summed E-state index contributed by atoms with van der Waals surface area (Å²) in [6, 6.07) is 13.5. The summed E-state index contributed by atoms with van der Waals surface area (Å²) in [6.45, 7) is 3.71. The lowest BCUT2D eigenvalue weighted by Crippen LogP contribution is -2.44. The van der Waals surface area contributed by atoms with E-state index < -0.39 is 5.91 Å². The minimum absolute atomic E-state index is 0.0197. The third kappa shape index (κ3) is 4.92. The largest absolute Gasteiger partial charge is 0.376 e. The fraction of sp³-hybridized carbons (Fsp3) is 0.150. The third-order valence-corrected chi connectivity index (χ3v) is 5.12. The first kappa shape index (κ1) is 19.5. The average molecular weight is 398 g/mol. The quantitative estimate of drug-likeness (QED) is 0.575. The van der Waals surface area contributed by atoms with Crippen LogP contribution in [0.4, 0.5) is 10.1 Å². The maximum atomic E-state index is 13.1. The molecule has 0 saturated heterocycles. The number of benzene rings is 2. The molecule has 3 rings (SSSR count). The Hall–Kier alpha value is -3.26. The number of amides is 2. The van der Waals surface area contributed by atoms with Gasteiger partial charge in [-0.1, -0.05) is 17.7 Å². The first-order valence-corrected chi connectivity index (χ1v) is 9.37. The summed E-state index contributed by atoms with van der Waals surface area (Å²) in [6.07, 6.45) is 0. The molecule has 1 aromatic heterocycles. The van der Waals surface area contributed by atoms with Gasteiger partial charge in [0.1, 0.15) is 15.7 Å². The van der Waals surface area contributed by atoms with Crippen molar-refractivity contribution in [3.8, 4) is 10.6 Å². The number of carbonyl (C=O) groups is 2. The Morgan fingerprint density at radius 3 is 2.36 bits per heavy atom. The van der Waals surface area contributed by atoms with Crippen LogP contribution in [0.15, 0.2) is 48.5 Å². The second kappa shape index (κ2) is 8.62. The Morgan fingerprint density at radius 2 is 1.68 bits per heavy atom. The number of nitrogens with one attached hydrogen (secondary N) is 3. The number of rotatable bonds is 5. The van der Waals surface area contributed by atoms with Gasteiger partial charge in [-0.05, 0) is 50.2 Å². The first-order valence-electron chi connectivity index (χ1n) is 8.55. The molecule has 0 aliphatic carbocycles. The normalized spacial score (nSPS) is 10.4. The van der Waals surface area contributed by atoms with Gasteiger partial charge in [0, 0.05) is 11.3 Å². The van der Waals surface area contributed by atoms with Crippen LogP contribution in [0.5, 0.6) is 0 Å². The van der Waals surface area contributed by atoms with Gasteiger partial charge in [0.05, 0.1) is 12.2 Å². The van der Waals surface area contributed by atoms with Gasteiger partial charge in [0.2, 0.25) is 0 Å². The second-order valence-corrected chi connectivity index (χ2v) is 7.16. The van der Waals surface area contributed by atoms with Gasteiger partial charge in [0.15, 0.2) is 0 Å². The molecule has 3 N–H and O–H groups in total. The summed E-state index contributed by atoms with van der Waals surface area (Å²) < 4.78 is 13.1. The number of carbonyl (C=O) groups excluding carboxylic acids is 2. The molecule has 28 heavy (non-hydrogen) atoms. The monoisotopic (exact) mass is 398 g/mol. The zero-order chi connectivity index (χ0) is 20.1. The minimum Gasteiger partial charge on any atom is -0.376 e. The molecule has 0 aliphatic rings. The maximum Gasteiger partial charge on any atom is 0.281 e. The van der Waals surface area contributed by atoms with Crippen LogP contribution in [0.3, 0.4) is 0 Å². The lowest BCUT2D eigenvalue weighted by atomic mass is 10.2. The Bertz CT molecular complexity index is 984. The lowest BCUT2D eigenvalue weighted by molar-refractivity contribution is -0.120. The summed E-state index contributed by atoms with van der Waals surface area (Å²) in [5.74, 6) is -1.17. The molecule has 6 nitrogen and oxygen atoms in total. The molecule has 0 unspecified atom stereocenters. The smallest absolute Gasteiger partial charge is 0.281 e. The number of hydrazine groups is 1. The number of hydrogen-bond acceptors (Lipinski definition) is 5. The number of aromatic nitrogens is 1. The van der Waals surface area contributed by atoms with Gasteiger partial charge in [-0.3, -0.25) is 20.4 Å². The van der Waals surface area contributed by atoms with Gasteiger partial charge in [0.25, 0.3) is 11.8 Å². The number of halogens is 1. The van der Waals surface area contributed by atoms with Gasteiger partial charge in [-0.2, -0.15) is 0 Å². The third-order valence-electron chi connectivity index (χ3n) is 3.91. The first-order chi connectivity index (χ1) is 13.4. The van der Waals surface area contributed by atoms with Crippen molar-refractivity contribution in [3.63, 3.8) is 0 Å². The van der Waals surface area contributed by atoms with E-state index in [4.69, 9.17) is 0 Å². The number of thiazole rings is 1. The van der Waals surface area contributed by atoms with Gasteiger partial charge < -0.3 is 5.32 Å². The Morgan fingerprint density at radius 1 is 1.00 bits per heavy atom. The van der Waals surface area contributed by atoms with Crippen molar-refractivity contribution < 1.29 is 14.0 Å². The van der Waals surface area contributed by atoms with E-state index in [1.165, 1.54) is 23.5 Å². The molecule has 0 radical (unpaired) electrons. The van der Waals surface area contributed by atoms with Crippen molar-refractivity contribution in [1.29, 1.82) is 0 Å². The Kier molecular flexibility index (Phi) is 6.00. The van der Waals surface area contributed by atoms with Gasteiger partial charge in [-0.25, -0.2) is 9.37 Å². The molecule has 0 spiro atoms. The fourth-order valence-electron chi connectivity index (χ4n) is 2.40. The molecule has 144 valence electrons. The highest BCUT2D eigenvalue weighted by Gasteiger charge is 2.17. The van der Waals surface area contributed by atoms with Crippen LogP contribution in [0.25, 0.3) is 10.6 Å². The topological polar surface area (TPSA) is 83.1 Å². The van der Waals surface area contributed by atoms with Crippen LogP contribution in [-0.2, 0) is 4.79 Å². The second-order valence-electron chi connectivity index (χ2n) is 6.16.